The van der Waals surface area contributed by atoms with Crippen molar-refractivity contribution in [2.45, 2.75) is 19.9 Å². The minimum Gasteiger partial charge on any atom is -0.365 e. The summed E-state index contributed by atoms with van der Waals surface area (Å²) >= 11 is 6.05. The molecule has 1 N–H and O–H groups in total. The average Bonchev–Trinajstić information content (AvgIpc) is 2.49. The van der Waals surface area contributed by atoms with Crippen molar-refractivity contribution in [2.75, 3.05) is 5.32 Å². The molecule has 14 heavy (non-hydrogen) atoms. The van der Waals surface area contributed by atoms with Crippen molar-refractivity contribution in [2.24, 2.45) is 0 Å². The number of nitrogens with one attached hydrogen (secondary N) is 1. The van der Waals surface area contributed by atoms with Crippen LogP contribution in [-0.4, -0.2) is 11.2 Å². The molecule has 3 nitrogen and oxygen atoms in total. The summed E-state index contributed by atoms with van der Waals surface area (Å²) in [6.07, 6.45) is 0. The number of hydrogen-bond donors (Lipinski definition) is 1. The molecule has 0 saturated carbocycles. The fourth-order valence-corrected chi connectivity index (χ4v) is 1.58. The lowest BCUT2D eigenvalue weighted by atomic mass is 10.2. The Balaban J connectivity index is 2.55. The van der Waals surface area contributed by atoms with Crippen LogP contribution >= 0.6 is 11.6 Å². The largest absolute Gasteiger partial charge is 0.365 e. The zero-order chi connectivity index (χ0) is 10.1. The molecule has 1 aromatic carbocycles. The van der Waals surface area contributed by atoms with Gasteiger partial charge in [0.2, 0.25) is 0 Å². The Morgan fingerprint density at radius 3 is 2.93 bits per heavy atom. The monoisotopic (exact) mass is 210 g/mol. The molecule has 0 aliphatic carbocycles. The Morgan fingerprint density at radius 2 is 2.21 bits per heavy atom. The van der Waals surface area contributed by atoms with Crippen LogP contribution in [-0.2, 0) is 0 Å². The normalized spacial score (nSPS) is 11.1. The van der Waals surface area contributed by atoms with Crippen molar-refractivity contribution in [1.29, 1.82) is 0 Å². The third-order valence-electron chi connectivity index (χ3n) is 1.87. The third-order valence-corrected chi connectivity index (χ3v) is 2.19. The van der Waals surface area contributed by atoms with E-state index in [0.29, 0.717) is 22.5 Å². The smallest absolute Gasteiger partial charge is 0.179 e. The van der Waals surface area contributed by atoms with Crippen molar-refractivity contribution in [3.8, 4) is 0 Å². The van der Waals surface area contributed by atoms with Crippen LogP contribution in [0.4, 0.5) is 5.82 Å². The van der Waals surface area contributed by atoms with E-state index in [4.69, 9.17) is 16.1 Å². The maximum absolute atomic E-state index is 6.05. The Labute approximate surface area is 87.0 Å². The van der Waals surface area contributed by atoms with Gasteiger partial charge < -0.3 is 9.84 Å². The van der Waals surface area contributed by atoms with Crippen LogP contribution in [0, 0.1) is 0 Å². The number of benzene rings is 1. The molecular formula is C10H11ClN2O. The molecule has 1 heterocycles. The SMILES string of the molecule is CC(C)Nc1noc2cccc(Cl)c12. The Kier molecular flexibility index (Phi) is 2.33. The van der Waals surface area contributed by atoms with Crippen molar-refractivity contribution >= 4 is 28.4 Å². The van der Waals surface area contributed by atoms with Gasteiger partial charge in [0.25, 0.3) is 0 Å². The number of aromatic nitrogens is 1. The van der Waals surface area contributed by atoms with E-state index in [1.807, 2.05) is 32.0 Å². The predicted octanol–water partition coefficient (Wildman–Crippen LogP) is 3.30. The molecule has 2 aromatic rings. The third kappa shape index (κ3) is 1.55. The summed E-state index contributed by atoms with van der Waals surface area (Å²) in [5.41, 5.74) is 0.709. The van der Waals surface area contributed by atoms with Gasteiger partial charge in [0.15, 0.2) is 11.4 Å². The van der Waals surface area contributed by atoms with E-state index in [2.05, 4.69) is 10.5 Å². The van der Waals surface area contributed by atoms with Crippen molar-refractivity contribution in [1.82, 2.24) is 5.16 Å². The van der Waals surface area contributed by atoms with Gasteiger partial charge in [-0.05, 0) is 26.0 Å². The highest BCUT2D eigenvalue weighted by Crippen LogP contribution is 2.30. The van der Waals surface area contributed by atoms with Crippen molar-refractivity contribution in [3.63, 3.8) is 0 Å². The van der Waals surface area contributed by atoms with Gasteiger partial charge in [0.05, 0.1) is 10.4 Å². The number of hydrogen-bond acceptors (Lipinski definition) is 3. The zero-order valence-corrected chi connectivity index (χ0v) is 8.80. The fraction of sp³-hybridized carbons (Fsp3) is 0.300. The molecule has 1 aromatic heterocycles. The average molecular weight is 211 g/mol. The summed E-state index contributed by atoms with van der Waals surface area (Å²) in [6.45, 7) is 4.08. The topological polar surface area (TPSA) is 38.1 Å². The quantitative estimate of drug-likeness (QED) is 0.827. The van der Waals surface area contributed by atoms with E-state index in [0.717, 1.165) is 5.39 Å². The van der Waals surface area contributed by atoms with Crippen LogP contribution in [0.15, 0.2) is 22.7 Å². The zero-order valence-electron chi connectivity index (χ0n) is 8.04. The van der Waals surface area contributed by atoms with Gasteiger partial charge in [-0.15, -0.1) is 0 Å². The predicted molar refractivity (Wildman–Crippen MR) is 57.8 cm³/mol. The van der Waals surface area contributed by atoms with Crippen molar-refractivity contribution in [3.05, 3.63) is 23.2 Å². The van der Waals surface area contributed by atoms with Crippen LogP contribution in [0.3, 0.4) is 0 Å². The first-order chi connectivity index (χ1) is 6.68. The molecule has 0 aliphatic rings. The van der Waals surface area contributed by atoms with Crippen LogP contribution in [0.1, 0.15) is 13.8 Å². The van der Waals surface area contributed by atoms with Gasteiger partial charge in [0.1, 0.15) is 0 Å². The molecule has 4 heteroatoms. The van der Waals surface area contributed by atoms with Gasteiger partial charge >= 0.3 is 0 Å². The van der Waals surface area contributed by atoms with E-state index in [9.17, 15) is 0 Å². The summed E-state index contributed by atoms with van der Waals surface area (Å²) in [4.78, 5) is 0. The summed E-state index contributed by atoms with van der Waals surface area (Å²) < 4.78 is 5.13. The second-order valence-electron chi connectivity index (χ2n) is 3.44. The molecule has 0 spiro atoms. The first kappa shape index (κ1) is 9.34. The maximum atomic E-state index is 6.05. The molecule has 0 radical (unpaired) electrons. The standard InChI is InChI=1S/C10H11ClN2O/c1-6(2)12-10-9-7(11)4-3-5-8(9)14-13-10/h3-6H,1-2H3,(H,12,13). The summed E-state index contributed by atoms with van der Waals surface area (Å²) in [6, 6.07) is 5.82. The number of anilines is 1. The number of halogens is 1. The van der Waals surface area contributed by atoms with E-state index in [1.54, 1.807) is 0 Å². The Hall–Kier alpha value is -1.22. The first-order valence-corrected chi connectivity index (χ1v) is 4.86. The van der Waals surface area contributed by atoms with Crippen LogP contribution in [0.5, 0.6) is 0 Å². The maximum Gasteiger partial charge on any atom is 0.179 e. The van der Waals surface area contributed by atoms with Gasteiger partial charge in [-0.25, -0.2) is 0 Å². The van der Waals surface area contributed by atoms with E-state index >= 15 is 0 Å². The molecule has 74 valence electrons. The van der Waals surface area contributed by atoms with E-state index < -0.39 is 0 Å². The number of fused-ring (bicyclic) bond motifs is 1. The fourth-order valence-electron chi connectivity index (χ4n) is 1.32. The summed E-state index contributed by atoms with van der Waals surface area (Å²) in [5, 5.41) is 8.61. The van der Waals surface area contributed by atoms with E-state index in [1.165, 1.54) is 0 Å². The van der Waals surface area contributed by atoms with Gasteiger partial charge in [-0.1, -0.05) is 22.8 Å². The molecule has 2 rings (SSSR count). The van der Waals surface area contributed by atoms with Gasteiger partial charge in [0, 0.05) is 6.04 Å². The molecule has 0 fully saturated rings. The highest BCUT2D eigenvalue weighted by molar-refractivity contribution is 6.36. The number of nitrogens with zero attached hydrogens (tertiary/aromatic N) is 1. The Bertz CT molecular complexity index is 450. The molecule has 0 atom stereocenters. The molecular weight excluding hydrogens is 200 g/mol. The molecule has 0 saturated heterocycles. The highest BCUT2D eigenvalue weighted by atomic mass is 35.5. The summed E-state index contributed by atoms with van der Waals surface area (Å²) in [7, 11) is 0. The second-order valence-corrected chi connectivity index (χ2v) is 3.85. The first-order valence-electron chi connectivity index (χ1n) is 4.49. The summed E-state index contributed by atoms with van der Waals surface area (Å²) in [5.74, 6) is 0.709. The lowest BCUT2D eigenvalue weighted by molar-refractivity contribution is 0.458. The van der Waals surface area contributed by atoms with Gasteiger partial charge in [-0.3, -0.25) is 0 Å². The molecule has 0 aliphatic heterocycles. The lowest BCUT2D eigenvalue weighted by Gasteiger charge is -2.05. The van der Waals surface area contributed by atoms with Crippen molar-refractivity contribution < 1.29 is 4.52 Å². The minimum absolute atomic E-state index is 0.305. The Morgan fingerprint density at radius 1 is 1.43 bits per heavy atom. The molecule has 0 bridgehead atoms. The lowest BCUT2D eigenvalue weighted by Crippen LogP contribution is -2.09. The molecule has 0 amide bonds. The molecule has 0 unspecified atom stereocenters. The van der Waals surface area contributed by atoms with Crippen LogP contribution in [0.2, 0.25) is 5.02 Å². The highest BCUT2D eigenvalue weighted by Gasteiger charge is 2.11. The minimum atomic E-state index is 0.305. The van der Waals surface area contributed by atoms with Crippen LogP contribution in [0.25, 0.3) is 11.0 Å². The van der Waals surface area contributed by atoms with Gasteiger partial charge in [-0.2, -0.15) is 0 Å². The number of rotatable bonds is 2. The van der Waals surface area contributed by atoms with Crippen LogP contribution < -0.4 is 5.32 Å². The van der Waals surface area contributed by atoms with E-state index in [-0.39, 0.29) is 0 Å². The second kappa shape index (κ2) is 3.50.